The van der Waals surface area contributed by atoms with E-state index in [-0.39, 0.29) is 0 Å². The third kappa shape index (κ3) is 2.66. The number of nitroso groups, excluding NO2 is 1. The van der Waals surface area contributed by atoms with Gasteiger partial charge in [-0.15, -0.1) is 4.91 Å². The van der Waals surface area contributed by atoms with E-state index < -0.39 is 12.2 Å². The Labute approximate surface area is 75.5 Å². The molecule has 0 amide bonds. The van der Waals surface area contributed by atoms with Gasteiger partial charge in [0.2, 0.25) is 6.23 Å². The summed E-state index contributed by atoms with van der Waals surface area (Å²) in [6, 6.07) is 8.45. The molecule has 1 atom stereocenters. The molecule has 0 aliphatic heterocycles. The van der Waals surface area contributed by atoms with E-state index in [0.29, 0.717) is 5.56 Å². The SMILES string of the molecule is CC(N=O)OC(=O)c1ccccc1. The molecule has 1 rings (SSSR count). The van der Waals surface area contributed by atoms with Crippen LogP contribution in [0.3, 0.4) is 0 Å². The van der Waals surface area contributed by atoms with Gasteiger partial charge in [0.05, 0.1) is 5.56 Å². The second-order valence-electron chi connectivity index (χ2n) is 2.48. The lowest BCUT2D eigenvalue weighted by Gasteiger charge is -2.04. The summed E-state index contributed by atoms with van der Waals surface area (Å²) in [7, 11) is 0. The van der Waals surface area contributed by atoms with E-state index in [9.17, 15) is 9.70 Å². The molecule has 0 heterocycles. The molecule has 0 spiro atoms. The predicted molar refractivity (Wildman–Crippen MR) is 47.1 cm³/mol. The normalized spacial score (nSPS) is 11.8. The van der Waals surface area contributed by atoms with Crippen molar-refractivity contribution in [2.75, 3.05) is 0 Å². The zero-order valence-electron chi connectivity index (χ0n) is 7.14. The van der Waals surface area contributed by atoms with Crippen molar-refractivity contribution in [3.63, 3.8) is 0 Å². The fourth-order valence-electron chi connectivity index (χ4n) is 0.819. The van der Waals surface area contributed by atoms with E-state index in [4.69, 9.17) is 0 Å². The molecule has 4 heteroatoms. The quantitative estimate of drug-likeness (QED) is 0.526. The molecule has 68 valence electrons. The Bertz CT molecular complexity index is 297. The van der Waals surface area contributed by atoms with Gasteiger partial charge in [0.1, 0.15) is 0 Å². The summed E-state index contributed by atoms with van der Waals surface area (Å²) in [4.78, 5) is 21.1. The van der Waals surface area contributed by atoms with E-state index in [2.05, 4.69) is 9.91 Å². The number of hydrogen-bond acceptors (Lipinski definition) is 4. The topological polar surface area (TPSA) is 55.7 Å². The Balaban J connectivity index is 2.64. The number of esters is 1. The van der Waals surface area contributed by atoms with Gasteiger partial charge in [-0.05, 0) is 24.2 Å². The molecule has 13 heavy (non-hydrogen) atoms. The zero-order chi connectivity index (χ0) is 9.68. The third-order valence-corrected chi connectivity index (χ3v) is 1.44. The second-order valence-corrected chi connectivity index (χ2v) is 2.48. The largest absolute Gasteiger partial charge is 0.433 e. The summed E-state index contributed by atoms with van der Waals surface area (Å²) in [6.07, 6.45) is -0.937. The maximum atomic E-state index is 11.2. The lowest BCUT2D eigenvalue weighted by molar-refractivity contribution is 0.0356. The first kappa shape index (κ1) is 9.38. The third-order valence-electron chi connectivity index (χ3n) is 1.44. The highest BCUT2D eigenvalue weighted by Crippen LogP contribution is 2.03. The van der Waals surface area contributed by atoms with Crippen molar-refractivity contribution in [3.05, 3.63) is 40.8 Å². The van der Waals surface area contributed by atoms with Gasteiger partial charge in [-0.1, -0.05) is 18.2 Å². The minimum absolute atomic E-state index is 0.415. The van der Waals surface area contributed by atoms with E-state index in [1.54, 1.807) is 30.3 Å². The summed E-state index contributed by atoms with van der Waals surface area (Å²) >= 11 is 0. The number of ether oxygens (including phenoxy) is 1. The first-order valence-corrected chi connectivity index (χ1v) is 3.82. The molecule has 0 saturated heterocycles. The summed E-state index contributed by atoms with van der Waals surface area (Å²) in [5.74, 6) is -0.535. The van der Waals surface area contributed by atoms with Crippen LogP contribution in [0.25, 0.3) is 0 Å². The highest BCUT2D eigenvalue weighted by atomic mass is 16.6. The van der Waals surface area contributed by atoms with Crippen LogP contribution >= 0.6 is 0 Å². The average molecular weight is 179 g/mol. The van der Waals surface area contributed by atoms with Crippen molar-refractivity contribution < 1.29 is 9.53 Å². The summed E-state index contributed by atoms with van der Waals surface area (Å²) in [5, 5.41) is 2.56. The lowest BCUT2D eigenvalue weighted by atomic mass is 10.2. The van der Waals surface area contributed by atoms with Crippen molar-refractivity contribution in [3.8, 4) is 0 Å². The molecule has 0 aliphatic rings. The van der Waals surface area contributed by atoms with E-state index >= 15 is 0 Å². The van der Waals surface area contributed by atoms with Crippen molar-refractivity contribution >= 4 is 5.97 Å². The molecule has 1 aromatic rings. The molecule has 0 N–H and O–H groups in total. The monoisotopic (exact) mass is 179 g/mol. The Morgan fingerprint density at radius 1 is 1.38 bits per heavy atom. The number of nitrogens with zero attached hydrogens (tertiary/aromatic N) is 1. The number of benzene rings is 1. The fourth-order valence-corrected chi connectivity index (χ4v) is 0.819. The Kier molecular flexibility index (Phi) is 3.14. The molecule has 1 aromatic carbocycles. The van der Waals surface area contributed by atoms with Crippen LogP contribution in [-0.2, 0) is 4.74 Å². The molecule has 4 nitrogen and oxygen atoms in total. The van der Waals surface area contributed by atoms with Gasteiger partial charge in [-0.25, -0.2) is 4.79 Å². The number of carbonyl (C=O) groups excluding carboxylic acids is 1. The minimum atomic E-state index is -0.937. The molecular formula is C9H9NO3. The van der Waals surface area contributed by atoms with E-state index in [0.717, 1.165) is 0 Å². The van der Waals surface area contributed by atoms with Gasteiger partial charge < -0.3 is 4.74 Å². The van der Waals surface area contributed by atoms with Crippen LogP contribution in [0.1, 0.15) is 17.3 Å². The van der Waals surface area contributed by atoms with Crippen LogP contribution in [0.2, 0.25) is 0 Å². The number of carbonyl (C=O) groups is 1. The molecule has 0 fully saturated rings. The molecular weight excluding hydrogens is 170 g/mol. The highest BCUT2D eigenvalue weighted by molar-refractivity contribution is 5.89. The number of rotatable bonds is 3. The van der Waals surface area contributed by atoms with Gasteiger partial charge >= 0.3 is 5.97 Å². The van der Waals surface area contributed by atoms with Crippen LogP contribution in [0.5, 0.6) is 0 Å². The van der Waals surface area contributed by atoms with Gasteiger partial charge in [0, 0.05) is 0 Å². The van der Waals surface area contributed by atoms with Crippen molar-refractivity contribution in [2.45, 2.75) is 13.2 Å². The summed E-state index contributed by atoms with van der Waals surface area (Å²) < 4.78 is 4.67. The first-order chi connectivity index (χ1) is 6.24. The standard InChI is InChI=1S/C9H9NO3/c1-7(10-12)13-9(11)8-5-3-2-4-6-8/h2-7H,1H3. The van der Waals surface area contributed by atoms with Crippen molar-refractivity contribution in [1.82, 2.24) is 0 Å². The molecule has 1 unspecified atom stereocenters. The second kappa shape index (κ2) is 4.35. The summed E-state index contributed by atoms with van der Waals surface area (Å²) in [5.41, 5.74) is 0.415. The highest BCUT2D eigenvalue weighted by Gasteiger charge is 2.10. The van der Waals surface area contributed by atoms with Gasteiger partial charge in [0.15, 0.2) is 0 Å². The fraction of sp³-hybridized carbons (Fsp3) is 0.222. The van der Waals surface area contributed by atoms with Crippen LogP contribution in [0.4, 0.5) is 0 Å². The molecule has 0 aromatic heterocycles. The molecule has 0 saturated carbocycles. The molecule has 0 bridgehead atoms. The lowest BCUT2D eigenvalue weighted by Crippen LogP contribution is -2.12. The van der Waals surface area contributed by atoms with E-state index in [1.165, 1.54) is 6.92 Å². The Morgan fingerprint density at radius 3 is 2.54 bits per heavy atom. The smallest absolute Gasteiger partial charge is 0.340 e. The van der Waals surface area contributed by atoms with Gasteiger partial charge in [0.25, 0.3) is 0 Å². The Hall–Kier alpha value is -1.71. The van der Waals surface area contributed by atoms with Crippen LogP contribution in [0, 0.1) is 4.91 Å². The molecule has 0 radical (unpaired) electrons. The van der Waals surface area contributed by atoms with Gasteiger partial charge in [-0.3, -0.25) is 0 Å². The van der Waals surface area contributed by atoms with Crippen LogP contribution < -0.4 is 0 Å². The Morgan fingerprint density at radius 2 is 2.00 bits per heavy atom. The van der Waals surface area contributed by atoms with Crippen molar-refractivity contribution in [1.29, 1.82) is 0 Å². The van der Waals surface area contributed by atoms with E-state index in [1.807, 2.05) is 0 Å². The maximum absolute atomic E-state index is 11.2. The van der Waals surface area contributed by atoms with Crippen molar-refractivity contribution in [2.24, 2.45) is 5.18 Å². The van der Waals surface area contributed by atoms with Crippen LogP contribution in [0.15, 0.2) is 35.5 Å². The van der Waals surface area contributed by atoms with Gasteiger partial charge in [-0.2, -0.15) is 0 Å². The first-order valence-electron chi connectivity index (χ1n) is 3.82. The predicted octanol–water partition coefficient (Wildman–Crippen LogP) is 1.96. The zero-order valence-corrected chi connectivity index (χ0v) is 7.14. The van der Waals surface area contributed by atoms with Crippen LogP contribution in [-0.4, -0.2) is 12.2 Å². The maximum Gasteiger partial charge on any atom is 0.340 e. The average Bonchev–Trinajstić information content (AvgIpc) is 2.19. The minimum Gasteiger partial charge on any atom is -0.433 e. The number of hydrogen-bond donors (Lipinski definition) is 0. The summed E-state index contributed by atoms with van der Waals surface area (Å²) in [6.45, 7) is 1.41. The molecule has 0 aliphatic carbocycles.